The van der Waals surface area contributed by atoms with Crippen molar-refractivity contribution in [2.45, 2.75) is 24.8 Å². The summed E-state index contributed by atoms with van der Waals surface area (Å²) in [5.74, 6) is -2.33. The Morgan fingerprint density at radius 3 is 2.26 bits per heavy atom. The van der Waals surface area contributed by atoms with E-state index in [1.165, 1.54) is 4.80 Å². The Bertz CT molecular complexity index is 1270. The van der Waals surface area contributed by atoms with E-state index in [0.29, 0.717) is 11.9 Å². The smallest absolute Gasteiger partial charge is 0.249 e. The molecule has 0 bridgehead atoms. The van der Waals surface area contributed by atoms with Gasteiger partial charge in [-0.3, -0.25) is 4.79 Å². The molecular formula is C22H24F2N6O3S. The Hall–Kier alpha value is -3.25. The molecule has 0 aliphatic carbocycles. The van der Waals surface area contributed by atoms with Gasteiger partial charge in [0.25, 0.3) is 0 Å². The lowest BCUT2D eigenvalue weighted by molar-refractivity contribution is -0.138. The number of sulfonamides is 1. The minimum absolute atomic E-state index is 0.0257. The highest BCUT2D eigenvalue weighted by Crippen LogP contribution is 2.24. The summed E-state index contributed by atoms with van der Waals surface area (Å²) in [6.07, 6.45) is 0. The van der Waals surface area contributed by atoms with E-state index in [2.05, 4.69) is 15.4 Å². The molecular weight excluding hydrogens is 466 g/mol. The van der Waals surface area contributed by atoms with Crippen LogP contribution in [0.25, 0.3) is 11.4 Å². The van der Waals surface area contributed by atoms with Gasteiger partial charge in [-0.25, -0.2) is 17.2 Å². The highest BCUT2D eigenvalue weighted by molar-refractivity contribution is 7.89. The van der Waals surface area contributed by atoms with Crippen molar-refractivity contribution in [1.82, 2.24) is 29.4 Å². The van der Waals surface area contributed by atoms with Crippen LogP contribution in [-0.4, -0.2) is 69.9 Å². The van der Waals surface area contributed by atoms with Crippen LogP contribution in [0.5, 0.6) is 0 Å². The molecule has 1 aliphatic rings. The summed E-state index contributed by atoms with van der Waals surface area (Å²) >= 11 is 0. The molecule has 1 saturated heterocycles. The Morgan fingerprint density at radius 1 is 0.971 bits per heavy atom. The lowest BCUT2D eigenvalue weighted by Gasteiger charge is -2.36. The minimum atomic E-state index is -4.02. The average molecular weight is 491 g/mol. The molecule has 34 heavy (non-hydrogen) atoms. The molecule has 4 rings (SSSR count). The van der Waals surface area contributed by atoms with Crippen molar-refractivity contribution in [2.24, 2.45) is 5.92 Å². The molecule has 12 heteroatoms. The van der Waals surface area contributed by atoms with Gasteiger partial charge < -0.3 is 4.90 Å². The Morgan fingerprint density at radius 2 is 1.65 bits per heavy atom. The van der Waals surface area contributed by atoms with Crippen molar-refractivity contribution in [1.29, 1.82) is 0 Å². The van der Waals surface area contributed by atoms with Crippen molar-refractivity contribution >= 4 is 15.9 Å². The molecule has 0 N–H and O–H groups in total. The van der Waals surface area contributed by atoms with E-state index in [4.69, 9.17) is 0 Å². The highest BCUT2D eigenvalue weighted by Gasteiger charge is 2.35. The van der Waals surface area contributed by atoms with E-state index in [9.17, 15) is 22.0 Å². The Labute approximate surface area is 196 Å². The van der Waals surface area contributed by atoms with E-state index in [0.717, 1.165) is 22.0 Å². The van der Waals surface area contributed by atoms with E-state index in [1.54, 1.807) is 4.90 Å². The van der Waals surface area contributed by atoms with Crippen molar-refractivity contribution in [3.05, 3.63) is 60.2 Å². The lowest BCUT2D eigenvalue weighted by Crippen LogP contribution is -2.52. The molecule has 0 radical (unpaired) electrons. The monoisotopic (exact) mass is 490 g/mol. The third kappa shape index (κ3) is 4.68. The zero-order chi connectivity index (χ0) is 24.5. The number of amides is 1. The number of aromatic nitrogens is 4. The fourth-order valence-electron chi connectivity index (χ4n) is 3.82. The molecule has 1 aliphatic heterocycles. The SMILES string of the molecule is CC(C)C(C(=O)N1CCN(S(=O)(=O)c2ccc(F)c(F)c2)CC1)n1nnc(-c2ccccc2)n1. The van der Waals surface area contributed by atoms with Gasteiger partial charge in [-0.1, -0.05) is 44.2 Å². The van der Waals surface area contributed by atoms with Gasteiger partial charge in [-0.15, -0.1) is 10.2 Å². The predicted molar refractivity (Wildman–Crippen MR) is 119 cm³/mol. The van der Waals surface area contributed by atoms with Crippen LogP contribution in [0.1, 0.15) is 19.9 Å². The zero-order valence-electron chi connectivity index (χ0n) is 18.7. The molecule has 1 aromatic heterocycles. The standard InChI is InChI=1S/C22H24F2N6O3S/c1-15(2)20(30-26-21(25-27-30)16-6-4-3-5-7-16)22(31)28-10-12-29(13-11-28)34(32,33)17-8-9-18(23)19(24)14-17/h3-9,14-15,20H,10-13H2,1-2H3. The molecule has 1 amide bonds. The quantitative estimate of drug-likeness (QED) is 0.526. The molecule has 2 heterocycles. The Kier molecular flexibility index (Phi) is 6.71. The number of tetrazole rings is 1. The average Bonchev–Trinajstić information content (AvgIpc) is 3.31. The van der Waals surface area contributed by atoms with Gasteiger partial charge >= 0.3 is 0 Å². The molecule has 0 spiro atoms. The molecule has 0 saturated carbocycles. The number of nitrogens with zero attached hydrogens (tertiary/aromatic N) is 6. The van der Waals surface area contributed by atoms with Crippen LogP contribution >= 0.6 is 0 Å². The van der Waals surface area contributed by atoms with E-state index in [1.807, 2.05) is 44.2 Å². The van der Waals surface area contributed by atoms with Crippen LogP contribution in [0.15, 0.2) is 53.4 Å². The topological polar surface area (TPSA) is 101 Å². The summed E-state index contributed by atoms with van der Waals surface area (Å²) in [4.78, 5) is 15.9. The van der Waals surface area contributed by atoms with Gasteiger partial charge in [0, 0.05) is 31.7 Å². The minimum Gasteiger partial charge on any atom is -0.338 e. The van der Waals surface area contributed by atoms with Gasteiger partial charge in [-0.2, -0.15) is 9.10 Å². The van der Waals surface area contributed by atoms with Crippen molar-refractivity contribution in [3.63, 3.8) is 0 Å². The van der Waals surface area contributed by atoms with E-state index < -0.39 is 27.7 Å². The van der Waals surface area contributed by atoms with Crippen LogP contribution in [0.2, 0.25) is 0 Å². The maximum atomic E-state index is 13.6. The van der Waals surface area contributed by atoms with E-state index >= 15 is 0 Å². The van der Waals surface area contributed by atoms with Gasteiger partial charge in [-0.05, 0) is 29.3 Å². The van der Waals surface area contributed by atoms with E-state index in [-0.39, 0.29) is 42.9 Å². The van der Waals surface area contributed by atoms with Crippen molar-refractivity contribution < 1.29 is 22.0 Å². The fourth-order valence-corrected chi connectivity index (χ4v) is 5.25. The molecule has 180 valence electrons. The zero-order valence-corrected chi connectivity index (χ0v) is 19.5. The number of hydrogen-bond donors (Lipinski definition) is 0. The second-order valence-electron chi connectivity index (χ2n) is 8.29. The fraction of sp³-hybridized carbons (Fsp3) is 0.364. The molecule has 1 atom stereocenters. The van der Waals surface area contributed by atoms with Crippen molar-refractivity contribution in [2.75, 3.05) is 26.2 Å². The molecule has 9 nitrogen and oxygen atoms in total. The second kappa shape index (κ2) is 9.55. The summed E-state index contributed by atoms with van der Waals surface area (Å²) in [5.41, 5.74) is 0.778. The number of carbonyl (C=O) groups excluding carboxylic acids is 1. The number of piperazine rings is 1. The van der Waals surface area contributed by atoms with Crippen molar-refractivity contribution in [3.8, 4) is 11.4 Å². The predicted octanol–water partition coefficient (Wildman–Crippen LogP) is 2.35. The highest BCUT2D eigenvalue weighted by atomic mass is 32.2. The first-order valence-electron chi connectivity index (χ1n) is 10.8. The third-order valence-corrected chi connectivity index (χ3v) is 7.57. The second-order valence-corrected chi connectivity index (χ2v) is 10.2. The summed E-state index contributed by atoms with van der Waals surface area (Å²) in [6, 6.07) is 11.0. The van der Waals surface area contributed by atoms with Crippen LogP contribution in [0, 0.1) is 17.6 Å². The first-order valence-corrected chi connectivity index (χ1v) is 12.2. The largest absolute Gasteiger partial charge is 0.338 e. The first kappa shape index (κ1) is 23.9. The number of hydrogen-bond acceptors (Lipinski definition) is 6. The number of carbonyl (C=O) groups is 1. The normalized spacial score (nSPS) is 16.1. The molecule has 1 unspecified atom stereocenters. The molecule has 3 aromatic rings. The summed E-state index contributed by atoms with van der Waals surface area (Å²) in [6.45, 7) is 4.09. The van der Waals surface area contributed by atoms with Crippen LogP contribution < -0.4 is 0 Å². The summed E-state index contributed by atoms with van der Waals surface area (Å²) in [7, 11) is -4.02. The van der Waals surface area contributed by atoms with Crippen LogP contribution in [0.4, 0.5) is 8.78 Å². The van der Waals surface area contributed by atoms with Gasteiger partial charge in [0.05, 0.1) is 4.90 Å². The third-order valence-electron chi connectivity index (χ3n) is 5.67. The summed E-state index contributed by atoms with van der Waals surface area (Å²) < 4.78 is 53.6. The number of benzene rings is 2. The molecule has 1 fully saturated rings. The maximum Gasteiger partial charge on any atom is 0.249 e. The Balaban J connectivity index is 1.47. The van der Waals surface area contributed by atoms with Crippen LogP contribution in [-0.2, 0) is 14.8 Å². The van der Waals surface area contributed by atoms with Gasteiger partial charge in [0.1, 0.15) is 0 Å². The number of rotatable bonds is 6. The van der Waals surface area contributed by atoms with Gasteiger partial charge in [0.2, 0.25) is 21.8 Å². The lowest BCUT2D eigenvalue weighted by atomic mass is 10.0. The molecule has 2 aromatic carbocycles. The summed E-state index contributed by atoms with van der Waals surface area (Å²) in [5, 5.41) is 12.6. The maximum absolute atomic E-state index is 13.6. The number of halogens is 2. The van der Waals surface area contributed by atoms with Gasteiger partial charge in [0.15, 0.2) is 17.7 Å². The van der Waals surface area contributed by atoms with Crippen LogP contribution in [0.3, 0.4) is 0 Å². The first-order chi connectivity index (χ1) is 16.2.